The van der Waals surface area contributed by atoms with Gasteiger partial charge >= 0.3 is 5.97 Å². The molecule has 0 saturated heterocycles. The fourth-order valence-electron chi connectivity index (χ4n) is 2.75. The Kier molecular flexibility index (Phi) is 6.08. The molecule has 2 N–H and O–H groups in total. The van der Waals surface area contributed by atoms with Gasteiger partial charge < -0.3 is 19.0 Å². The lowest BCUT2D eigenvalue weighted by molar-refractivity contribution is 0.0599. The van der Waals surface area contributed by atoms with Crippen LogP contribution in [-0.2, 0) is 20.4 Å². The molecule has 0 spiro atoms. The van der Waals surface area contributed by atoms with Gasteiger partial charge in [-0.05, 0) is 47.2 Å². The molecule has 1 atom stereocenters. The highest BCUT2D eigenvalue weighted by molar-refractivity contribution is 7.89. The molecule has 0 aliphatic heterocycles. The number of benzene rings is 1. The Bertz CT molecular complexity index is 1040. The van der Waals surface area contributed by atoms with Crippen molar-refractivity contribution in [3.63, 3.8) is 0 Å². The van der Waals surface area contributed by atoms with Gasteiger partial charge in [-0.25, -0.2) is 17.9 Å². The monoisotopic (exact) mass is 437 g/mol. The fourth-order valence-corrected chi connectivity index (χ4v) is 4.73. The number of furan rings is 1. The van der Waals surface area contributed by atoms with Crippen molar-refractivity contribution < 1.29 is 32.2 Å². The van der Waals surface area contributed by atoms with E-state index in [0.717, 1.165) is 6.07 Å². The maximum absolute atomic E-state index is 13.0. The zero-order valence-electron chi connectivity index (χ0n) is 15.6. The summed E-state index contributed by atoms with van der Waals surface area (Å²) in [6.07, 6.45) is 1.39. The van der Waals surface area contributed by atoms with E-state index in [2.05, 4.69) is 9.46 Å². The Labute approximate surface area is 171 Å². The van der Waals surface area contributed by atoms with Crippen molar-refractivity contribution in [3.05, 3.63) is 70.3 Å². The van der Waals surface area contributed by atoms with Crippen LogP contribution in [0.15, 0.2) is 62.7 Å². The number of hydrogen-bond acceptors (Lipinski definition) is 8. The lowest BCUT2D eigenvalue weighted by Gasteiger charge is -2.26. The maximum atomic E-state index is 13.0. The van der Waals surface area contributed by atoms with E-state index < -0.39 is 28.1 Å². The molecule has 8 nitrogen and oxygen atoms in total. The van der Waals surface area contributed by atoms with Crippen LogP contribution in [0.5, 0.6) is 5.75 Å². The predicted octanol–water partition coefficient (Wildman–Crippen LogP) is 2.35. The molecule has 3 aromatic rings. The van der Waals surface area contributed by atoms with E-state index in [0.29, 0.717) is 5.56 Å². The molecule has 3 rings (SSSR count). The summed E-state index contributed by atoms with van der Waals surface area (Å²) in [5.41, 5.74) is -1.19. The van der Waals surface area contributed by atoms with Gasteiger partial charge in [-0.15, -0.1) is 0 Å². The SMILES string of the molecule is COC(=O)c1ccc(OC)c(S(=O)(=O)NCC(O)(c2ccsc2)c2ccco2)c1. The highest BCUT2D eigenvalue weighted by Crippen LogP contribution is 2.32. The van der Waals surface area contributed by atoms with Crippen molar-refractivity contribution in [2.24, 2.45) is 0 Å². The van der Waals surface area contributed by atoms with Gasteiger partial charge in [0.25, 0.3) is 0 Å². The van der Waals surface area contributed by atoms with Gasteiger partial charge in [0.05, 0.1) is 32.6 Å². The van der Waals surface area contributed by atoms with Gasteiger partial charge in [0.1, 0.15) is 16.4 Å². The molecular weight excluding hydrogens is 418 g/mol. The minimum Gasteiger partial charge on any atom is -0.495 e. The van der Waals surface area contributed by atoms with Crippen LogP contribution >= 0.6 is 11.3 Å². The third-order valence-corrected chi connectivity index (χ3v) is 6.43. The van der Waals surface area contributed by atoms with Gasteiger partial charge in [0.15, 0.2) is 5.60 Å². The molecule has 1 aromatic carbocycles. The minimum atomic E-state index is -4.16. The molecule has 154 valence electrons. The van der Waals surface area contributed by atoms with E-state index in [-0.39, 0.29) is 22.0 Å². The zero-order valence-corrected chi connectivity index (χ0v) is 17.2. The number of rotatable bonds is 8. The molecule has 2 aromatic heterocycles. The van der Waals surface area contributed by atoms with Gasteiger partial charge in [0.2, 0.25) is 10.0 Å². The topological polar surface area (TPSA) is 115 Å². The first-order valence-electron chi connectivity index (χ1n) is 8.37. The van der Waals surface area contributed by atoms with Gasteiger partial charge in [-0.3, -0.25) is 0 Å². The first-order chi connectivity index (χ1) is 13.8. The van der Waals surface area contributed by atoms with Crippen molar-refractivity contribution in [1.29, 1.82) is 0 Å². The van der Waals surface area contributed by atoms with E-state index >= 15 is 0 Å². The Morgan fingerprint density at radius 2 is 2.07 bits per heavy atom. The second-order valence-corrected chi connectivity index (χ2v) is 8.55. The van der Waals surface area contributed by atoms with Gasteiger partial charge in [0, 0.05) is 5.56 Å². The van der Waals surface area contributed by atoms with E-state index in [1.54, 1.807) is 29.0 Å². The van der Waals surface area contributed by atoms with Crippen LogP contribution in [0, 0.1) is 0 Å². The summed E-state index contributed by atoms with van der Waals surface area (Å²) in [6.45, 7) is -0.398. The van der Waals surface area contributed by atoms with Crippen LogP contribution in [0.1, 0.15) is 21.7 Å². The number of methoxy groups -OCH3 is 2. The van der Waals surface area contributed by atoms with Crippen LogP contribution in [0.4, 0.5) is 0 Å². The van der Waals surface area contributed by atoms with Crippen molar-refractivity contribution in [2.75, 3.05) is 20.8 Å². The third-order valence-electron chi connectivity index (χ3n) is 4.32. The van der Waals surface area contributed by atoms with Gasteiger partial charge in [-0.2, -0.15) is 11.3 Å². The predicted molar refractivity (Wildman–Crippen MR) is 106 cm³/mol. The molecule has 1 unspecified atom stereocenters. The normalized spacial score (nSPS) is 13.6. The highest BCUT2D eigenvalue weighted by atomic mass is 32.2. The van der Waals surface area contributed by atoms with Crippen molar-refractivity contribution in [2.45, 2.75) is 10.5 Å². The Morgan fingerprint density at radius 1 is 1.28 bits per heavy atom. The lowest BCUT2D eigenvalue weighted by Crippen LogP contribution is -2.41. The summed E-state index contributed by atoms with van der Waals surface area (Å²) >= 11 is 1.36. The molecule has 29 heavy (non-hydrogen) atoms. The number of carbonyl (C=O) groups excluding carboxylic acids is 1. The summed E-state index contributed by atoms with van der Waals surface area (Å²) in [5.74, 6) is -0.453. The first kappa shape index (κ1) is 21.1. The van der Waals surface area contributed by atoms with Crippen LogP contribution in [0.25, 0.3) is 0 Å². The highest BCUT2D eigenvalue weighted by Gasteiger charge is 2.37. The molecule has 10 heteroatoms. The van der Waals surface area contributed by atoms with Gasteiger partial charge in [-0.1, -0.05) is 0 Å². The second-order valence-electron chi connectivity index (χ2n) is 6.03. The number of carbonyl (C=O) groups is 1. The van der Waals surface area contributed by atoms with Crippen LogP contribution in [-0.4, -0.2) is 40.3 Å². The van der Waals surface area contributed by atoms with Crippen molar-refractivity contribution in [3.8, 4) is 5.75 Å². The van der Waals surface area contributed by atoms with E-state index in [1.165, 1.54) is 44.0 Å². The molecule has 0 amide bonds. The standard InChI is InChI=1S/C19H19NO7S2/c1-25-15-6-5-13(18(21)26-2)10-16(15)29(23,24)20-12-19(22,14-7-9-28-11-14)17-4-3-8-27-17/h3-11,20,22H,12H2,1-2H3. The summed E-state index contributed by atoms with van der Waals surface area (Å²) in [7, 11) is -1.65. The van der Waals surface area contributed by atoms with Crippen LogP contribution < -0.4 is 9.46 Å². The number of hydrogen-bond donors (Lipinski definition) is 2. The number of sulfonamides is 1. The molecule has 0 saturated carbocycles. The Morgan fingerprint density at radius 3 is 2.66 bits per heavy atom. The first-order valence-corrected chi connectivity index (χ1v) is 10.8. The lowest BCUT2D eigenvalue weighted by atomic mass is 9.94. The minimum absolute atomic E-state index is 0.0437. The van der Waals surface area contributed by atoms with Crippen molar-refractivity contribution >= 4 is 27.3 Å². The number of esters is 1. The van der Waals surface area contributed by atoms with Crippen molar-refractivity contribution in [1.82, 2.24) is 4.72 Å². The molecule has 0 radical (unpaired) electrons. The molecular formula is C19H19NO7S2. The molecule has 2 heterocycles. The maximum Gasteiger partial charge on any atom is 0.337 e. The Hall–Kier alpha value is -2.66. The smallest absolute Gasteiger partial charge is 0.337 e. The zero-order chi connectivity index (χ0) is 21.1. The van der Waals surface area contributed by atoms with E-state index in [4.69, 9.17) is 9.15 Å². The second kappa shape index (κ2) is 8.37. The summed E-state index contributed by atoms with van der Waals surface area (Å²) in [6, 6.07) is 8.75. The molecule has 0 bridgehead atoms. The largest absolute Gasteiger partial charge is 0.495 e. The van der Waals surface area contributed by atoms with Crippen LogP contribution in [0.2, 0.25) is 0 Å². The third kappa shape index (κ3) is 4.20. The number of thiophene rings is 1. The number of nitrogens with one attached hydrogen (secondary N) is 1. The molecule has 0 aliphatic carbocycles. The number of ether oxygens (including phenoxy) is 2. The average molecular weight is 437 g/mol. The van der Waals surface area contributed by atoms with Crippen LogP contribution in [0.3, 0.4) is 0 Å². The average Bonchev–Trinajstić information content (AvgIpc) is 3.45. The summed E-state index contributed by atoms with van der Waals surface area (Å²) in [5, 5.41) is 14.7. The van der Waals surface area contributed by atoms with E-state index in [1.807, 2.05) is 0 Å². The number of aliphatic hydroxyl groups is 1. The summed E-state index contributed by atoms with van der Waals surface area (Å²) < 4.78 is 43.4. The molecule has 0 fully saturated rings. The van der Waals surface area contributed by atoms with E-state index in [9.17, 15) is 18.3 Å². The Balaban J connectivity index is 1.96. The molecule has 0 aliphatic rings. The fraction of sp³-hybridized carbons (Fsp3) is 0.211. The quantitative estimate of drug-likeness (QED) is 0.520. The summed E-state index contributed by atoms with van der Waals surface area (Å²) in [4.78, 5) is 11.5.